The zero-order chi connectivity index (χ0) is 10.6. The maximum atomic E-state index is 13.2. The Kier molecular flexibility index (Phi) is 3.83. The van der Waals surface area contributed by atoms with Gasteiger partial charge in [-0.2, -0.15) is 0 Å². The van der Waals surface area contributed by atoms with Crippen molar-refractivity contribution in [2.75, 3.05) is 6.54 Å². The first-order valence-corrected chi connectivity index (χ1v) is 4.59. The third kappa shape index (κ3) is 2.96. The number of ether oxygens (including phenoxy) is 1. The molecule has 1 unspecified atom stereocenters. The summed E-state index contributed by atoms with van der Waals surface area (Å²) < 4.78 is 18.5. The summed E-state index contributed by atoms with van der Waals surface area (Å²) in [4.78, 5) is 3.89. The fourth-order valence-corrected chi connectivity index (χ4v) is 1.08. The average molecular weight is 198 g/mol. The summed E-state index contributed by atoms with van der Waals surface area (Å²) in [7, 11) is 0. The molecule has 1 aromatic rings. The van der Waals surface area contributed by atoms with Crippen LogP contribution in [0.3, 0.4) is 0 Å². The molecule has 1 heterocycles. The summed E-state index contributed by atoms with van der Waals surface area (Å²) in [6, 6.07) is 1.63. The van der Waals surface area contributed by atoms with Crippen molar-refractivity contribution in [3.63, 3.8) is 0 Å². The van der Waals surface area contributed by atoms with Crippen molar-refractivity contribution >= 4 is 0 Å². The lowest BCUT2D eigenvalue weighted by Crippen LogP contribution is -2.09. The van der Waals surface area contributed by atoms with E-state index < -0.39 is 6.17 Å². The van der Waals surface area contributed by atoms with E-state index in [1.165, 1.54) is 6.20 Å². The normalized spacial score (nSPS) is 12.9. The SMILES string of the molecule is CC(C)Oc1cncc(C(F)CN)c1. The van der Waals surface area contributed by atoms with Gasteiger partial charge in [-0.15, -0.1) is 0 Å². The molecular formula is C10H15FN2O. The van der Waals surface area contributed by atoms with Crippen molar-refractivity contribution in [2.24, 2.45) is 5.73 Å². The van der Waals surface area contributed by atoms with E-state index in [1.54, 1.807) is 12.3 Å². The Balaban J connectivity index is 2.78. The van der Waals surface area contributed by atoms with Crippen molar-refractivity contribution in [2.45, 2.75) is 26.1 Å². The maximum absolute atomic E-state index is 13.2. The minimum Gasteiger partial charge on any atom is -0.489 e. The monoisotopic (exact) mass is 198 g/mol. The lowest BCUT2D eigenvalue weighted by Gasteiger charge is -2.11. The number of nitrogens with zero attached hydrogens (tertiary/aromatic N) is 1. The Hall–Kier alpha value is -1.16. The standard InChI is InChI=1S/C10H15FN2O/c1-7(2)14-9-3-8(5-13-6-9)10(11)4-12/h3,5-7,10H,4,12H2,1-2H3. The number of aromatic nitrogens is 1. The number of hydrogen-bond acceptors (Lipinski definition) is 3. The van der Waals surface area contributed by atoms with E-state index in [9.17, 15) is 4.39 Å². The van der Waals surface area contributed by atoms with Gasteiger partial charge < -0.3 is 10.5 Å². The van der Waals surface area contributed by atoms with Crippen LogP contribution >= 0.6 is 0 Å². The van der Waals surface area contributed by atoms with E-state index in [2.05, 4.69) is 4.98 Å². The topological polar surface area (TPSA) is 48.1 Å². The maximum Gasteiger partial charge on any atom is 0.139 e. The molecule has 0 amide bonds. The molecule has 1 aromatic heterocycles. The van der Waals surface area contributed by atoms with Gasteiger partial charge in [-0.3, -0.25) is 4.98 Å². The summed E-state index contributed by atoms with van der Waals surface area (Å²) in [5.41, 5.74) is 5.68. The second-order valence-corrected chi connectivity index (χ2v) is 3.32. The summed E-state index contributed by atoms with van der Waals surface area (Å²) in [6.45, 7) is 3.78. The minimum atomic E-state index is -1.17. The minimum absolute atomic E-state index is 0.0349. The Labute approximate surface area is 83.1 Å². The van der Waals surface area contributed by atoms with Gasteiger partial charge in [0.25, 0.3) is 0 Å². The fourth-order valence-electron chi connectivity index (χ4n) is 1.08. The number of pyridine rings is 1. The first-order valence-electron chi connectivity index (χ1n) is 4.59. The Bertz CT molecular complexity index is 291. The van der Waals surface area contributed by atoms with E-state index in [0.717, 1.165) is 0 Å². The summed E-state index contributed by atoms with van der Waals surface area (Å²) in [5.74, 6) is 0.577. The average Bonchev–Trinajstić information content (AvgIpc) is 2.16. The molecule has 0 saturated carbocycles. The fraction of sp³-hybridized carbons (Fsp3) is 0.500. The van der Waals surface area contributed by atoms with Gasteiger partial charge in [0.2, 0.25) is 0 Å². The Morgan fingerprint density at radius 1 is 1.50 bits per heavy atom. The predicted octanol–water partition coefficient (Wildman–Crippen LogP) is 1.84. The van der Waals surface area contributed by atoms with Crippen LogP contribution in [0.4, 0.5) is 4.39 Å². The molecule has 0 saturated heterocycles. The highest BCUT2D eigenvalue weighted by atomic mass is 19.1. The van der Waals surface area contributed by atoms with Crippen molar-refractivity contribution in [1.29, 1.82) is 0 Å². The third-order valence-corrected chi connectivity index (χ3v) is 1.67. The van der Waals surface area contributed by atoms with E-state index in [1.807, 2.05) is 13.8 Å². The molecule has 0 bridgehead atoms. The molecule has 2 N–H and O–H groups in total. The molecule has 0 aliphatic heterocycles. The van der Waals surface area contributed by atoms with Gasteiger partial charge in [0.05, 0.1) is 12.3 Å². The molecule has 0 aliphatic rings. The summed E-state index contributed by atoms with van der Waals surface area (Å²) in [6.07, 6.45) is 1.92. The molecule has 0 spiro atoms. The molecule has 14 heavy (non-hydrogen) atoms. The lowest BCUT2D eigenvalue weighted by molar-refractivity contribution is 0.240. The molecule has 3 nitrogen and oxygen atoms in total. The van der Waals surface area contributed by atoms with Gasteiger partial charge >= 0.3 is 0 Å². The molecular weight excluding hydrogens is 183 g/mol. The number of alkyl halides is 1. The van der Waals surface area contributed by atoms with Gasteiger partial charge in [0.1, 0.15) is 11.9 Å². The van der Waals surface area contributed by atoms with Crippen molar-refractivity contribution < 1.29 is 9.13 Å². The van der Waals surface area contributed by atoms with Crippen LogP contribution in [0.5, 0.6) is 5.75 Å². The highest BCUT2D eigenvalue weighted by Crippen LogP contribution is 2.20. The van der Waals surface area contributed by atoms with Crippen LogP contribution in [0.25, 0.3) is 0 Å². The first kappa shape index (κ1) is 10.9. The van der Waals surface area contributed by atoms with Crippen LogP contribution in [-0.2, 0) is 0 Å². The first-order chi connectivity index (χ1) is 6.63. The van der Waals surface area contributed by atoms with Crippen LogP contribution in [0.1, 0.15) is 25.6 Å². The molecule has 0 fully saturated rings. The summed E-state index contributed by atoms with van der Waals surface area (Å²) >= 11 is 0. The Morgan fingerprint density at radius 3 is 2.79 bits per heavy atom. The van der Waals surface area contributed by atoms with E-state index in [4.69, 9.17) is 10.5 Å². The van der Waals surface area contributed by atoms with Gasteiger partial charge in [-0.1, -0.05) is 0 Å². The molecule has 0 radical (unpaired) electrons. The third-order valence-electron chi connectivity index (χ3n) is 1.67. The number of hydrogen-bond donors (Lipinski definition) is 1. The second kappa shape index (κ2) is 4.91. The summed E-state index contributed by atoms with van der Waals surface area (Å²) in [5, 5.41) is 0. The molecule has 1 atom stereocenters. The highest BCUT2D eigenvalue weighted by molar-refractivity contribution is 5.25. The van der Waals surface area contributed by atoms with Crippen molar-refractivity contribution in [3.8, 4) is 5.75 Å². The van der Waals surface area contributed by atoms with Crippen molar-refractivity contribution in [3.05, 3.63) is 24.0 Å². The van der Waals surface area contributed by atoms with Crippen LogP contribution in [0.2, 0.25) is 0 Å². The molecule has 0 aromatic carbocycles. The quantitative estimate of drug-likeness (QED) is 0.803. The number of nitrogens with two attached hydrogens (primary N) is 1. The van der Waals surface area contributed by atoms with Gasteiger partial charge in [0.15, 0.2) is 0 Å². The predicted molar refractivity (Wildman–Crippen MR) is 52.9 cm³/mol. The van der Waals surface area contributed by atoms with E-state index in [-0.39, 0.29) is 12.6 Å². The van der Waals surface area contributed by atoms with E-state index in [0.29, 0.717) is 11.3 Å². The smallest absolute Gasteiger partial charge is 0.139 e. The number of halogens is 1. The Morgan fingerprint density at radius 2 is 2.21 bits per heavy atom. The molecule has 4 heteroatoms. The van der Waals surface area contributed by atoms with Crippen LogP contribution in [-0.4, -0.2) is 17.6 Å². The zero-order valence-corrected chi connectivity index (χ0v) is 8.40. The van der Waals surface area contributed by atoms with Crippen LogP contribution in [0.15, 0.2) is 18.5 Å². The molecule has 1 rings (SSSR count). The van der Waals surface area contributed by atoms with Gasteiger partial charge in [-0.25, -0.2) is 4.39 Å². The second-order valence-electron chi connectivity index (χ2n) is 3.32. The zero-order valence-electron chi connectivity index (χ0n) is 8.40. The molecule has 0 aliphatic carbocycles. The van der Waals surface area contributed by atoms with Crippen molar-refractivity contribution in [1.82, 2.24) is 4.98 Å². The van der Waals surface area contributed by atoms with Crippen LogP contribution in [0, 0.1) is 0 Å². The lowest BCUT2D eigenvalue weighted by atomic mass is 10.2. The molecule has 78 valence electrons. The largest absolute Gasteiger partial charge is 0.489 e. The van der Waals surface area contributed by atoms with Gasteiger partial charge in [0, 0.05) is 18.3 Å². The number of rotatable bonds is 4. The van der Waals surface area contributed by atoms with Crippen LogP contribution < -0.4 is 10.5 Å². The van der Waals surface area contributed by atoms with E-state index >= 15 is 0 Å². The van der Waals surface area contributed by atoms with Gasteiger partial charge in [-0.05, 0) is 19.9 Å². The highest BCUT2D eigenvalue weighted by Gasteiger charge is 2.09.